The molecule has 0 aliphatic rings. The zero-order valence-electron chi connectivity index (χ0n) is 18.3. The molecule has 2 N–H and O–H groups in total. The monoisotopic (exact) mass is 491 g/mol. The molecule has 2 aromatic heterocycles. The van der Waals surface area contributed by atoms with Crippen molar-refractivity contribution in [1.29, 1.82) is 0 Å². The van der Waals surface area contributed by atoms with Crippen LogP contribution < -0.4 is 5.32 Å². The van der Waals surface area contributed by atoms with Gasteiger partial charge in [-0.25, -0.2) is 0 Å². The lowest BCUT2D eigenvalue weighted by molar-refractivity contribution is -0.141. The van der Waals surface area contributed by atoms with Crippen LogP contribution in [0.2, 0.25) is 0 Å². The van der Waals surface area contributed by atoms with Crippen molar-refractivity contribution in [3.8, 4) is 11.1 Å². The second kappa shape index (κ2) is 9.09. The van der Waals surface area contributed by atoms with Gasteiger partial charge in [-0.2, -0.15) is 26.3 Å². The Kier molecular flexibility index (Phi) is 6.31. The van der Waals surface area contributed by atoms with E-state index in [1.165, 1.54) is 6.07 Å². The van der Waals surface area contributed by atoms with Crippen LogP contribution in [0.3, 0.4) is 0 Å². The van der Waals surface area contributed by atoms with Crippen molar-refractivity contribution in [3.63, 3.8) is 0 Å². The van der Waals surface area contributed by atoms with E-state index >= 15 is 0 Å². The molecule has 0 aliphatic carbocycles. The first kappa shape index (κ1) is 24.3. The molecule has 10 heteroatoms. The number of rotatable bonds is 5. The van der Waals surface area contributed by atoms with Crippen LogP contribution in [0.1, 0.15) is 39.8 Å². The van der Waals surface area contributed by atoms with Gasteiger partial charge in [0.1, 0.15) is 11.4 Å². The van der Waals surface area contributed by atoms with Gasteiger partial charge in [0.2, 0.25) is 0 Å². The third kappa shape index (κ3) is 5.16. The molecule has 0 bridgehead atoms. The van der Waals surface area contributed by atoms with Crippen molar-refractivity contribution in [2.45, 2.75) is 32.2 Å². The first-order valence-electron chi connectivity index (χ1n) is 10.6. The van der Waals surface area contributed by atoms with Crippen molar-refractivity contribution in [2.75, 3.05) is 0 Å². The number of carbonyl (C=O) groups excluding carboxylic acids is 1. The van der Waals surface area contributed by atoms with E-state index in [0.29, 0.717) is 34.5 Å². The molecule has 35 heavy (non-hydrogen) atoms. The van der Waals surface area contributed by atoms with Gasteiger partial charge in [0, 0.05) is 23.7 Å². The van der Waals surface area contributed by atoms with E-state index in [-0.39, 0.29) is 12.1 Å². The number of H-pyrrole nitrogens is 1. The average Bonchev–Trinajstić information content (AvgIpc) is 3.26. The number of hydrogen-bond donors (Lipinski definition) is 2. The highest BCUT2D eigenvalue weighted by Crippen LogP contribution is 2.37. The number of halogens is 6. The highest BCUT2D eigenvalue weighted by molar-refractivity contribution is 5.97. The second-order valence-corrected chi connectivity index (χ2v) is 7.91. The lowest BCUT2D eigenvalue weighted by atomic mass is 9.95. The summed E-state index contributed by atoms with van der Waals surface area (Å²) >= 11 is 0. The summed E-state index contributed by atoms with van der Waals surface area (Å²) in [6.45, 7) is 1.89. The van der Waals surface area contributed by atoms with Gasteiger partial charge < -0.3 is 10.3 Å². The predicted octanol–water partition coefficient (Wildman–Crippen LogP) is 6.76. The van der Waals surface area contributed by atoms with Crippen LogP contribution in [-0.2, 0) is 25.3 Å². The molecule has 1 amide bonds. The largest absolute Gasteiger partial charge is 0.433 e. The van der Waals surface area contributed by atoms with Gasteiger partial charge in [0.25, 0.3) is 5.91 Å². The van der Waals surface area contributed by atoms with E-state index in [0.717, 1.165) is 29.5 Å². The quantitative estimate of drug-likeness (QED) is 0.303. The van der Waals surface area contributed by atoms with Gasteiger partial charge in [0.05, 0.1) is 11.1 Å². The van der Waals surface area contributed by atoms with Crippen LogP contribution in [0.15, 0.2) is 60.8 Å². The number of benzene rings is 2. The Morgan fingerprint density at radius 2 is 1.69 bits per heavy atom. The SMILES string of the molecule is CCc1ccccc1-c1cc(CNC(=O)c2ccc(C(F)(F)F)nc2)cc2cc(C(F)(F)F)[nH]c12. The van der Waals surface area contributed by atoms with Crippen LogP contribution in [0.5, 0.6) is 0 Å². The number of nitrogens with zero attached hydrogens (tertiary/aromatic N) is 1. The lowest BCUT2D eigenvalue weighted by Gasteiger charge is -2.13. The van der Waals surface area contributed by atoms with Crippen LogP contribution in [-0.4, -0.2) is 15.9 Å². The Morgan fingerprint density at radius 3 is 2.31 bits per heavy atom. The average molecular weight is 491 g/mol. The van der Waals surface area contributed by atoms with Crippen LogP contribution in [0, 0.1) is 0 Å². The molecule has 4 aromatic rings. The molecule has 0 spiro atoms. The standard InChI is InChI=1S/C25H19F6N3O/c1-2-15-5-3-4-6-18(15)19-10-14(9-17-11-21(25(29,30)31)34-22(17)19)12-33-23(35)16-7-8-20(32-13-16)24(26,27)28/h3-11,13,34H,2,12H2,1H3,(H,33,35). The lowest BCUT2D eigenvalue weighted by Crippen LogP contribution is -2.23. The molecular weight excluding hydrogens is 472 g/mol. The van der Waals surface area contributed by atoms with E-state index < -0.39 is 29.6 Å². The molecule has 2 aromatic carbocycles. The second-order valence-electron chi connectivity index (χ2n) is 7.91. The minimum Gasteiger partial charge on any atom is -0.351 e. The van der Waals surface area contributed by atoms with Gasteiger partial charge in [-0.15, -0.1) is 0 Å². The Bertz CT molecular complexity index is 1370. The van der Waals surface area contributed by atoms with Gasteiger partial charge in [-0.05, 0) is 53.4 Å². The summed E-state index contributed by atoms with van der Waals surface area (Å²) < 4.78 is 78.2. The number of nitrogens with one attached hydrogen (secondary N) is 2. The van der Waals surface area contributed by atoms with Crippen molar-refractivity contribution < 1.29 is 31.1 Å². The number of aromatic amines is 1. The van der Waals surface area contributed by atoms with Crippen molar-refractivity contribution in [2.24, 2.45) is 0 Å². The molecule has 0 radical (unpaired) electrons. The minimum absolute atomic E-state index is 0.0520. The van der Waals surface area contributed by atoms with Crippen LogP contribution >= 0.6 is 0 Å². The normalized spacial score (nSPS) is 12.2. The Hall–Kier alpha value is -3.82. The number of aromatic nitrogens is 2. The first-order chi connectivity index (χ1) is 16.5. The maximum atomic E-state index is 13.4. The fourth-order valence-corrected chi connectivity index (χ4v) is 3.85. The topological polar surface area (TPSA) is 57.8 Å². The molecule has 0 atom stereocenters. The first-order valence-corrected chi connectivity index (χ1v) is 10.6. The smallest absolute Gasteiger partial charge is 0.351 e. The highest BCUT2D eigenvalue weighted by Gasteiger charge is 2.33. The maximum absolute atomic E-state index is 13.4. The van der Waals surface area contributed by atoms with E-state index in [9.17, 15) is 31.1 Å². The summed E-state index contributed by atoms with van der Waals surface area (Å²) in [4.78, 5) is 18.2. The molecule has 0 aliphatic heterocycles. The third-order valence-corrected chi connectivity index (χ3v) is 5.55. The number of carbonyl (C=O) groups is 1. The van der Waals surface area contributed by atoms with Gasteiger partial charge >= 0.3 is 12.4 Å². The van der Waals surface area contributed by atoms with Crippen molar-refractivity contribution >= 4 is 16.8 Å². The number of hydrogen-bond acceptors (Lipinski definition) is 2. The Labute approximate surface area is 196 Å². The van der Waals surface area contributed by atoms with Gasteiger partial charge in [0.15, 0.2) is 0 Å². The molecule has 4 rings (SSSR count). The Morgan fingerprint density at radius 1 is 0.943 bits per heavy atom. The van der Waals surface area contributed by atoms with E-state index in [4.69, 9.17) is 0 Å². The van der Waals surface area contributed by atoms with E-state index in [1.54, 1.807) is 12.1 Å². The molecule has 182 valence electrons. The Balaban J connectivity index is 1.68. The molecule has 4 nitrogen and oxygen atoms in total. The highest BCUT2D eigenvalue weighted by atomic mass is 19.4. The molecular formula is C25H19F6N3O. The number of fused-ring (bicyclic) bond motifs is 1. The summed E-state index contributed by atoms with van der Waals surface area (Å²) in [7, 11) is 0. The molecule has 0 saturated heterocycles. The fourth-order valence-electron chi connectivity index (χ4n) is 3.85. The van der Waals surface area contributed by atoms with E-state index in [2.05, 4.69) is 15.3 Å². The summed E-state index contributed by atoms with van der Waals surface area (Å²) in [5.74, 6) is -0.660. The summed E-state index contributed by atoms with van der Waals surface area (Å²) in [6.07, 6.45) is -7.70. The number of aryl methyl sites for hydroxylation is 1. The van der Waals surface area contributed by atoms with Crippen molar-refractivity contribution in [1.82, 2.24) is 15.3 Å². The van der Waals surface area contributed by atoms with Crippen LogP contribution in [0.4, 0.5) is 26.3 Å². The van der Waals surface area contributed by atoms with Crippen molar-refractivity contribution in [3.05, 3.63) is 88.9 Å². The third-order valence-electron chi connectivity index (χ3n) is 5.55. The maximum Gasteiger partial charge on any atom is 0.433 e. The zero-order chi connectivity index (χ0) is 25.4. The number of pyridine rings is 1. The molecule has 0 fully saturated rings. The van der Waals surface area contributed by atoms with Gasteiger partial charge in [-0.1, -0.05) is 31.2 Å². The number of alkyl halides is 6. The predicted molar refractivity (Wildman–Crippen MR) is 119 cm³/mol. The van der Waals surface area contributed by atoms with E-state index in [1.807, 2.05) is 25.1 Å². The van der Waals surface area contributed by atoms with Crippen LogP contribution in [0.25, 0.3) is 22.0 Å². The van der Waals surface area contributed by atoms with Gasteiger partial charge in [-0.3, -0.25) is 9.78 Å². The zero-order valence-corrected chi connectivity index (χ0v) is 18.3. The summed E-state index contributed by atoms with van der Waals surface area (Å²) in [5.41, 5.74) is 1.02. The summed E-state index contributed by atoms with van der Waals surface area (Å²) in [5, 5.41) is 2.91. The molecule has 2 heterocycles. The molecule has 0 saturated carbocycles. The number of amides is 1. The molecule has 0 unspecified atom stereocenters. The summed E-state index contributed by atoms with van der Waals surface area (Å²) in [6, 6.07) is 13.3. The fraction of sp³-hybridized carbons (Fsp3) is 0.200. The minimum atomic E-state index is -4.62.